The van der Waals surface area contributed by atoms with Crippen LogP contribution in [-0.4, -0.2) is 113 Å². The van der Waals surface area contributed by atoms with Crippen LogP contribution in [0.4, 0.5) is 15.8 Å². The van der Waals surface area contributed by atoms with Crippen LogP contribution in [0.1, 0.15) is 6.42 Å². The number of nitrogens with zero attached hydrogens (tertiary/aromatic N) is 7. The van der Waals surface area contributed by atoms with E-state index >= 15 is 0 Å². The van der Waals surface area contributed by atoms with Gasteiger partial charge in [-0.1, -0.05) is 0 Å². The first kappa shape index (κ1) is 33.0. The number of carbonyl (C=O) groups is 2. The number of anilines is 2. The molecule has 5 aromatic rings. The number of rotatable bonds is 10. The van der Waals surface area contributed by atoms with Crippen LogP contribution >= 0.6 is 0 Å². The minimum Gasteiger partial charge on any atom is -0.481 e. The minimum absolute atomic E-state index is 0.0489. The van der Waals surface area contributed by atoms with Gasteiger partial charge in [-0.3, -0.25) is 19.6 Å². The van der Waals surface area contributed by atoms with Crippen molar-refractivity contribution in [3.8, 4) is 28.5 Å². The molecular weight excluding hydrogens is 641 g/mol. The topological polar surface area (TPSA) is 142 Å². The third-order valence-corrected chi connectivity index (χ3v) is 9.50. The van der Waals surface area contributed by atoms with E-state index in [0.717, 1.165) is 30.5 Å². The molecule has 3 aromatic heterocycles. The van der Waals surface area contributed by atoms with E-state index in [-0.39, 0.29) is 36.4 Å². The highest BCUT2D eigenvalue weighted by Crippen LogP contribution is 2.35. The summed E-state index contributed by atoms with van der Waals surface area (Å²) in [5.41, 5.74) is 3.04. The summed E-state index contributed by atoms with van der Waals surface area (Å²) in [6.45, 7) is 4.11. The molecule has 0 spiro atoms. The second-order valence-electron chi connectivity index (χ2n) is 12.7. The number of benzene rings is 2. The van der Waals surface area contributed by atoms with E-state index in [0.29, 0.717) is 60.7 Å². The number of hydrogen-bond acceptors (Lipinski definition) is 10. The number of fused-ring (bicyclic) bond motifs is 1. The van der Waals surface area contributed by atoms with E-state index in [2.05, 4.69) is 47.5 Å². The van der Waals surface area contributed by atoms with Crippen molar-refractivity contribution in [1.29, 1.82) is 0 Å². The predicted molar refractivity (Wildman–Crippen MR) is 186 cm³/mol. The first-order valence-corrected chi connectivity index (χ1v) is 16.5. The van der Waals surface area contributed by atoms with E-state index in [1.165, 1.54) is 13.2 Å². The van der Waals surface area contributed by atoms with Crippen molar-refractivity contribution in [2.45, 2.75) is 6.42 Å². The van der Waals surface area contributed by atoms with Crippen LogP contribution in [0.2, 0.25) is 0 Å². The van der Waals surface area contributed by atoms with Crippen LogP contribution in [0, 0.1) is 11.2 Å². The van der Waals surface area contributed by atoms with Crippen molar-refractivity contribution in [3.05, 3.63) is 79.0 Å². The Morgan fingerprint density at radius 2 is 1.76 bits per heavy atom. The number of aromatic nitrogens is 5. The van der Waals surface area contributed by atoms with Gasteiger partial charge in [0, 0.05) is 86.2 Å². The summed E-state index contributed by atoms with van der Waals surface area (Å²) in [6, 6.07) is 16.8. The molecule has 1 atom stereocenters. The number of methoxy groups -OCH3 is 2. The largest absolute Gasteiger partial charge is 0.481 e. The third kappa shape index (κ3) is 6.71. The summed E-state index contributed by atoms with van der Waals surface area (Å²) >= 11 is 0. The molecule has 0 bridgehead atoms. The molecule has 2 aliphatic heterocycles. The SMILES string of the molecule is COCC1(C(=O)Nc2ccc3[nH]nc(-c4cc(OC)ncc4F)c3c2)CCN(CC(=O)N2CCN(c3ccc(-c4ncccn4)cc3)CC2)C1. The molecule has 14 heteroatoms. The number of halogens is 1. The Kier molecular flexibility index (Phi) is 9.37. The van der Waals surface area contributed by atoms with Crippen molar-refractivity contribution >= 4 is 34.1 Å². The molecule has 13 nitrogen and oxygen atoms in total. The Morgan fingerprint density at radius 3 is 2.50 bits per heavy atom. The summed E-state index contributed by atoms with van der Waals surface area (Å²) in [5.74, 6) is 0.257. The van der Waals surface area contributed by atoms with Gasteiger partial charge in [-0.05, 0) is 61.5 Å². The van der Waals surface area contributed by atoms with Crippen LogP contribution in [-0.2, 0) is 14.3 Å². The molecule has 50 heavy (non-hydrogen) atoms. The first-order valence-electron chi connectivity index (χ1n) is 16.5. The lowest BCUT2D eigenvalue weighted by Gasteiger charge is -2.37. The number of H-pyrrole nitrogens is 1. The Hall–Kier alpha value is -5.47. The fraction of sp³-hybridized carbons (Fsp3) is 0.333. The molecule has 2 N–H and O–H groups in total. The molecule has 5 heterocycles. The predicted octanol–water partition coefficient (Wildman–Crippen LogP) is 3.86. The average molecular weight is 680 g/mol. The third-order valence-electron chi connectivity index (χ3n) is 9.50. The van der Waals surface area contributed by atoms with E-state index in [9.17, 15) is 14.0 Å². The summed E-state index contributed by atoms with van der Waals surface area (Å²) in [5, 5.41) is 10.9. The maximum absolute atomic E-state index is 14.7. The molecule has 0 radical (unpaired) electrons. The van der Waals surface area contributed by atoms with Crippen LogP contribution < -0.4 is 15.0 Å². The maximum atomic E-state index is 14.7. The number of carbonyl (C=O) groups excluding carboxylic acids is 2. The number of amides is 2. The van der Waals surface area contributed by atoms with Gasteiger partial charge in [0.25, 0.3) is 0 Å². The molecular formula is C36H38FN9O4. The first-order chi connectivity index (χ1) is 24.4. The molecule has 2 saturated heterocycles. The fourth-order valence-electron chi connectivity index (χ4n) is 6.79. The van der Waals surface area contributed by atoms with E-state index in [4.69, 9.17) is 9.47 Å². The molecule has 1 unspecified atom stereocenters. The number of likely N-dealkylation sites (tertiary alicyclic amines) is 1. The minimum atomic E-state index is -0.844. The van der Waals surface area contributed by atoms with E-state index in [1.807, 2.05) is 21.9 Å². The Labute approximate surface area is 288 Å². The van der Waals surface area contributed by atoms with Crippen LogP contribution in [0.15, 0.2) is 73.2 Å². The highest BCUT2D eigenvalue weighted by molar-refractivity contribution is 6.00. The summed E-state index contributed by atoms with van der Waals surface area (Å²) in [7, 11) is 3.04. The zero-order chi connectivity index (χ0) is 34.7. The van der Waals surface area contributed by atoms with Crippen LogP contribution in [0.3, 0.4) is 0 Å². The quantitative estimate of drug-likeness (QED) is 0.224. The van der Waals surface area contributed by atoms with Gasteiger partial charge in [0.2, 0.25) is 17.7 Å². The second kappa shape index (κ2) is 14.2. The molecule has 2 amide bonds. The lowest BCUT2D eigenvalue weighted by Crippen LogP contribution is -2.51. The molecule has 258 valence electrons. The van der Waals surface area contributed by atoms with Gasteiger partial charge >= 0.3 is 0 Å². The Bertz CT molecular complexity index is 1980. The molecule has 7 rings (SSSR count). The molecule has 0 aliphatic carbocycles. The average Bonchev–Trinajstić information content (AvgIpc) is 3.77. The zero-order valence-electron chi connectivity index (χ0n) is 27.9. The summed E-state index contributed by atoms with van der Waals surface area (Å²) < 4.78 is 25.5. The lowest BCUT2D eigenvalue weighted by molar-refractivity contribution is -0.133. The summed E-state index contributed by atoms with van der Waals surface area (Å²) in [6.07, 6.45) is 5.09. The number of ether oxygens (including phenoxy) is 2. The van der Waals surface area contributed by atoms with Gasteiger partial charge in [-0.2, -0.15) is 5.10 Å². The van der Waals surface area contributed by atoms with Gasteiger partial charge in [-0.25, -0.2) is 19.3 Å². The molecule has 2 aromatic carbocycles. The van der Waals surface area contributed by atoms with Gasteiger partial charge in [0.05, 0.1) is 37.4 Å². The Balaban J connectivity index is 0.966. The second-order valence-corrected chi connectivity index (χ2v) is 12.7. The highest BCUT2D eigenvalue weighted by atomic mass is 19.1. The van der Waals surface area contributed by atoms with Gasteiger partial charge in [-0.15, -0.1) is 0 Å². The van der Waals surface area contributed by atoms with Crippen LogP contribution in [0.5, 0.6) is 5.88 Å². The van der Waals surface area contributed by atoms with E-state index < -0.39 is 11.2 Å². The number of nitrogens with one attached hydrogen (secondary N) is 2. The van der Waals surface area contributed by atoms with Crippen molar-refractivity contribution < 1.29 is 23.5 Å². The zero-order valence-corrected chi connectivity index (χ0v) is 27.9. The van der Waals surface area contributed by atoms with Crippen molar-refractivity contribution in [2.75, 3.05) is 76.9 Å². The van der Waals surface area contributed by atoms with Gasteiger partial charge in [0.1, 0.15) is 5.69 Å². The number of hydrogen-bond donors (Lipinski definition) is 2. The molecule has 0 saturated carbocycles. The fourth-order valence-corrected chi connectivity index (χ4v) is 6.79. The molecule has 2 aliphatic rings. The van der Waals surface area contributed by atoms with Gasteiger partial charge < -0.3 is 24.6 Å². The highest BCUT2D eigenvalue weighted by Gasteiger charge is 2.45. The summed E-state index contributed by atoms with van der Waals surface area (Å²) in [4.78, 5) is 46.0. The van der Waals surface area contributed by atoms with Gasteiger partial charge in [0.15, 0.2) is 11.6 Å². The van der Waals surface area contributed by atoms with Crippen molar-refractivity contribution in [2.24, 2.45) is 5.41 Å². The number of pyridine rings is 1. The monoisotopic (exact) mass is 679 g/mol. The smallest absolute Gasteiger partial charge is 0.236 e. The Morgan fingerprint density at radius 1 is 0.980 bits per heavy atom. The lowest BCUT2D eigenvalue weighted by atomic mass is 9.87. The number of aromatic amines is 1. The number of piperazine rings is 1. The van der Waals surface area contributed by atoms with E-state index in [1.54, 1.807) is 43.8 Å². The maximum Gasteiger partial charge on any atom is 0.236 e. The normalized spacial score (nSPS) is 18.1. The van der Waals surface area contributed by atoms with Crippen molar-refractivity contribution in [3.63, 3.8) is 0 Å². The van der Waals surface area contributed by atoms with Crippen molar-refractivity contribution in [1.82, 2.24) is 34.9 Å². The molecule has 2 fully saturated rings. The standard InChI is InChI=1S/C36H38FN9O4/c1-49-23-36(35(48)41-25-6-9-30-28(18-25)33(43-42-30)27-19-31(50-2)40-20-29(27)37)10-13-44(22-36)21-32(47)46-16-14-45(15-17-46)26-7-4-24(5-8-26)34-38-11-3-12-39-34/h3-9,11-12,18-20H,10,13-17,21-23H2,1-2H3,(H,41,48)(H,42,43). The van der Waals surface area contributed by atoms with Crippen LogP contribution in [0.25, 0.3) is 33.5 Å².